The Morgan fingerprint density at radius 2 is 1.79 bits per heavy atom. The zero-order valence-electron chi connectivity index (χ0n) is 10.8. The van der Waals surface area contributed by atoms with E-state index in [2.05, 4.69) is 15.9 Å². The van der Waals surface area contributed by atoms with Crippen molar-refractivity contribution in [3.8, 4) is 5.75 Å². The Balaban J connectivity index is 2.15. The molecule has 0 heterocycles. The number of hydrogen-bond acceptors (Lipinski definition) is 1. The van der Waals surface area contributed by atoms with Gasteiger partial charge in [-0.25, -0.2) is 4.39 Å². The number of alkyl halides is 1. The summed E-state index contributed by atoms with van der Waals surface area (Å²) in [6.45, 7) is 2.62. The van der Waals surface area contributed by atoms with E-state index in [9.17, 15) is 4.39 Å². The molecule has 2 aromatic carbocycles. The maximum Gasteiger partial charge on any atom is 0.123 e. The van der Waals surface area contributed by atoms with Gasteiger partial charge in [0.05, 0.1) is 6.61 Å². The second-order valence-electron chi connectivity index (χ2n) is 4.27. The normalized spacial score (nSPS) is 12.2. The summed E-state index contributed by atoms with van der Waals surface area (Å²) >= 11 is 3.69. The Hall–Kier alpha value is -1.35. The van der Waals surface area contributed by atoms with Gasteiger partial charge in [0.25, 0.3) is 0 Å². The van der Waals surface area contributed by atoms with Crippen molar-refractivity contribution < 1.29 is 9.13 Å². The topological polar surface area (TPSA) is 9.23 Å². The molecule has 0 saturated heterocycles. The van der Waals surface area contributed by atoms with Gasteiger partial charge in [0.1, 0.15) is 11.6 Å². The summed E-state index contributed by atoms with van der Waals surface area (Å²) in [5.74, 6) is 0.693. The molecule has 1 nitrogen and oxygen atoms in total. The molecule has 0 fully saturated rings. The molecule has 1 atom stereocenters. The van der Waals surface area contributed by atoms with Gasteiger partial charge in [0.2, 0.25) is 0 Å². The van der Waals surface area contributed by atoms with Gasteiger partial charge in [0.15, 0.2) is 0 Å². The minimum atomic E-state index is -0.204. The van der Waals surface area contributed by atoms with Crippen LogP contribution in [0.5, 0.6) is 5.75 Å². The van der Waals surface area contributed by atoms with Crippen molar-refractivity contribution in [2.24, 2.45) is 0 Å². The lowest BCUT2D eigenvalue weighted by Crippen LogP contribution is -2.01. The molecule has 0 amide bonds. The highest BCUT2D eigenvalue weighted by atomic mass is 79.9. The molecule has 19 heavy (non-hydrogen) atoms. The third-order valence-corrected chi connectivity index (χ3v) is 3.70. The first-order valence-corrected chi connectivity index (χ1v) is 7.22. The predicted molar refractivity (Wildman–Crippen MR) is 79.4 cm³/mol. The molecule has 3 heteroatoms. The zero-order chi connectivity index (χ0) is 13.7. The van der Waals surface area contributed by atoms with Crippen molar-refractivity contribution in [2.75, 3.05) is 6.61 Å². The number of hydrogen-bond donors (Lipinski definition) is 0. The molecule has 1 unspecified atom stereocenters. The predicted octanol–water partition coefficient (Wildman–Crippen LogP) is 4.90. The Morgan fingerprint density at radius 3 is 2.47 bits per heavy atom. The van der Waals surface area contributed by atoms with Gasteiger partial charge >= 0.3 is 0 Å². The fraction of sp³-hybridized carbons (Fsp3) is 0.250. The van der Waals surface area contributed by atoms with Crippen LogP contribution in [0.3, 0.4) is 0 Å². The van der Waals surface area contributed by atoms with E-state index in [0.29, 0.717) is 6.61 Å². The van der Waals surface area contributed by atoms with Crippen molar-refractivity contribution in [3.63, 3.8) is 0 Å². The summed E-state index contributed by atoms with van der Waals surface area (Å²) < 4.78 is 18.5. The number of para-hydroxylation sites is 1. The van der Waals surface area contributed by atoms with Gasteiger partial charge in [-0.15, -0.1) is 0 Å². The van der Waals surface area contributed by atoms with Crippen molar-refractivity contribution in [2.45, 2.75) is 18.2 Å². The summed E-state index contributed by atoms with van der Waals surface area (Å²) in [6.07, 6.45) is 0.796. The summed E-state index contributed by atoms with van der Waals surface area (Å²) in [5, 5.41) is 0. The molecular weight excluding hydrogens is 307 g/mol. The average Bonchev–Trinajstić information content (AvgIpc) is 2.42. The first-order chi connectivity index (χ1) is 9.20. The van der Waals surface area contributed by atoms with Crippen molar-refractivity contribution in [1.29, 1.82) is 0 Å². The van der Waals surface area contributed by atoms with Crippen LogP contribution >= 0.6 is 15.9 Å². The van der Waals surface area contributed by atoms with E-state index in [1.54, 1.807) is 0 Å². The van der Waals surface area contributed by atoms with Crippen LogP contribution in [-0.2, 0) is 6.42 Å². The number of ether oxygens (including phenoxy) is 1. The monoisotopic (exact) mass is 322 g/mol. The lowest BCUT2D eigenvalue weighted by atomic mass is 10.0. The molecule has 100 valence electrons. The molecule has 0 aliphatic heterocycles. The van der Waals surface area contributed by atoms with Crippen LogP contribution in [0.15, 0.2) is 48.5 Å². The number of benzene rings is 2. The Labute approximate surface area is 121 Å². The van der Waals surface area contributed by atoms with E-state index < -0.39 is 0 Å². The second-order valence-corrected chi connectivity index (χ2v) is 5.37. The van der Waals surface area contributed by atoms with Crippen LogP contribution in [0.2, 0.25) is 0 Å². The van der Waals surface area contributed by atoms with Crippen molar-refractivity contribution >= 4 is 15.9 Å². The third kappa shape index (κ3) is 3.80. The first kappa shape index (κ1) is 14.1. The molecule has 0 saturated carbocycles. The van der Waals surface area contributed by atoms with Crippen LogP contribution in [0, 0.1) is 5.82 Å². The first-order valence-electron chi connectivity index (χ1n) is 6.31. The largest absolute Gasteiger partial charge is 0.494 e. The van der Waals surface area contributed by atoms with E-state index in [-0.39, 0.29) is 10.6 Å². The van der Waals surface area contributed by atoms with Crippen LogP contribution in [-0.4, -0.2) is 6.61 Å². The molecule has 0 N–H and O–H groups in total. The molecular formula is C16H16BrFO. The molecule has 0 aliphatic rings. The zero-order valence-corrected chi connectivity index (χ0v) is 12.4. The molecule has 2 aromatic rings. The van der Waals surface area contributed by atoms with Gasteiger partial charge in [0, 0.05) is 10.4 Å². The molecule has 2 rings (SSSR count). The summed E-state index contributed by atoms with van der Waals surface area (Å²) in [4.78, 5) is 0.153. The minimum absolute atomic E-state index is 0.153. The molecule has 0 spiro atoms. The van der Waals surface area contributed by atoms with E-state index in [1.165, 1.54) is 12.1 Å². The van der Waals surface area contributed by atoms with Gasteiger partial charge in [-0.1, -0.05) is 46.3 Å². The molecule has 0 bridgehead atoms. The summed E-state index contributed by atoms with van der Waals surface area (Å²) in [7, 11) is 0. The summed E-state index contributed by atoms with van der Waals surface area (Å²) in [5.41, 5.74) is 2.21. The quantitative estimate of drug-likeness (QED) is 0.711. The van der Waals surface area contributed by atoms with E-state index >= 15 is 0 Å². The SMILES string of the molecule is CCOc1ccccc1C(Br)Cc1ccc(F)cc1. The average molecular weight is 323 g/mol. The van der Waals surface area contributed by atoms with E-state index in [0.717, 1.165) is 23.3 Å². The van der Waals surface area contributed by atoms with Crippen LogP contribution < -0.4 is 4.74 Å². The molecule has 0 aliphatic carbocycles. The van der Waals surface area contributed by atoms with Crippen LogP contribution in [0.1, 0.15) is 22.9 Å². The highest BCUT2D eigenvalue weighted by Gasteiger charge is 2.13. The molecule has 0 radical (unpaired) electrons. The van der Waals surface area contributed by atoms with E-state index in [1.807, 2.05) is 43.3 Å². The molecule has 0 aromatic heterocycles. The van der Waals surface area contributed by atoms with Crippen LogP contribution in [0.4, 0.5) is 4.39 Å². The van der Waals surface area contributed by atoms with Crippen molar-refractivity contribution in [1.82, 2.24) is 0 Å². The lowest BCUT2D eigenvalue weighted by molar-refractivity contribution is 0.336. The van der Waals surface area contributed by atoms with Gasteiger partial charge in [-0.05, 0) is 37.1 Å². The second kappa shape index (κ2) is 6.71. The van der Waals surface area contributed by atoms with E-state index in [4.69, 9.17) is 4.74 Å². The van der Waals surface area contributed by atoms with Crippen LogP contribution in [0.25, 0.3) is 0 Å². The highest BCUT2D eigenvalue weighted by molar-refractivity contribution is 9.09. The lowest BCUT2D eigenvalue weighted by Gasteiger charge is -2.15. The summed E-state index contributed by atoms with van der Waals surface area (Å²) in [6, 6.07) is 14.6. The van der Waals surface area contributed by atoms with Gasteiger partial charge in [-0.2, -0.15) is 0 Å². The highest BCUT2D eigenvalue weighted by Crippen LogP contribution is 2.33. The minimum Gasteiger partial charge on any atom is -0.494 e. The maximum absolute atomic E-state index is 12.9. The number of halogens is 2. The number of rotatable bonds is 5. The Kier molecular flexibility index (Phi) is 4.97. The fourth-order valence-corrected chi connectivity index (χ4v) is 2.72. The smallest absolute Gasteiger partial charge is 0.123 e. The Bertz CT molecular complexity index is 525. The third-order valence-electron chi connectivity index (χ3n) is 2.88. The van der Waals surface area contributed by atoms with Gasteiger partial charge < -0.3 is 4.74 Å². The van der Waals surface area contributed by atoms with Gasteiger partial charge in [-0.3, -0.25) is 0 Å². The van der Waals surface area contributed by atoms with Crippen molar-refractivity contribution in [3.05, 3.63) is 65.5 Å². The fourth-order valence-electron chi connectivity index (χ4n) is 1.96. The standard InChI is InChI=1S/C16H16BrFO/c1-2-19-16-6-4-3-5-14(16)15(17)11-12-7-9-13(18)10-8-12/h3-10,15H,2,11H2,1H3. The Morgan fingerprint density at radius 1 is 1.11 bits per heavy atom. The maximum atomic E-state index is 12.9.